The zero-order valence-corrected chi connectivity index (χ0v) is 10.8. The number of nitrogens with zero attached hydrogens (tertiary/aromatic N) is 1. The molecule has 0 aliphatic rings. The Balaban J connectivity index is 2.07. The number of amides is 1. The summed E-state index contributed by atoms with van der Waals surface area (Å²) in [5.41, 5.74) is 6.68. The van der Waals surface area contributed by atoms with Crippen molar-refractivity contribution >= 4 is 11.6 Å². The molecule has 0 unspecified atom stereocenters. The number of carbonyl (C=O) groups excluding carboxylic acids is 1. The summed E-state index contributed by atoms with van der Waals surface area (Å²) >= 11 is 0. The monoisotopic (exact) mass is 259 g/mol. The zero-order valence-electron chi connectivity index (χ0n) is 10.8. The van der Waals surface area contributed by atoms with Crippen LogP contribution in [-0.2, 0) is 7.05 Å². The molecule has 100 valence electrons. The Morgan fingerprint density at radius 1 is 1.37 bits per heavy atom. The first-order valence-electron chi connectivity index (χ1n) is 6.06. The number of nitrogens with two attached hydrogens (primary N) is 1. The molecule has 19 heavy (non-hydrogen) atoms. The number of anilines is 1. The maximum atomic E-state index is 12.0. The van der Waals surface area contributed by atoms with Gasteiger partial charge in [0.25, 0.3) is 5.91 Å². The van der Waals surface area contributed by atoms with Crippen molar-refractivity contribution in [3.05, 3.63) is 48.3 Å². The molecule has 0 atom stereocenters. The van der Waals surface area contributed by atoms with E-state index in [-0.39, 0.29) is 5.91 Å². The van der Waals surface area contributed by atoms with Crippen LogP contribution in [0, 0.1) is 0 Å². The van der Waals surface area contributed by atoms with Crippen molar-refractivity contribution in [1.29, 1.82) is 0 Å². The SMILES string of the molecule is Cn1cccc1C(=O)Nc1cccc(OCCN)c1. The molecule has 2 aromatic rings. The van der Waals surface area contributed by atoms with Crippen LogP contribution in [-0.4, -0.2) is 23.6 Å². The summed E-state index contributed by atoms with van der Waals surface area (Å²) < 4.78 is 7.18. The smallest absolute Gasteiger partial charge is 0.272 e. The third-order valence-corrected chi connectivity index (χ3v) is 2.65. The van der Waals surface area contributed by atoms with E-state index in [0.29, 0.717) is 30.3 Å². The van der Waals surface area contributed by atoms with Crippen molar-refractivity contribution in [2.45, 2.75) is 0 Å². The average Bonchev–Trinajstić information content (AvgIpc) is 2.83. The molecule has 5 heteroatoms. The van der Waals surface area contributed by atoms with E-state index in [0.717, 1.165) is 0 Å². The molecule has 5 nitrogen and oxygen atoms in total. The van der Waals surface area contributed by atoms with Gasteiger partial charge in [-0.3, -0.25) is 4.79 Å². The van der Waals surface area contributed by atoms with E-state index < -0.39 is 0 Å². The minimum absolute atomic E-state index is 0.150. The van der Waals surface area contributed by atoms with Crippen molar-refractivity contribution in [2.75, 3.05) is 18.5 Å². The van der Waals surface area contributed by atoms with Crippen molar-refractivity contribution in [1.82, 2.24) is 4.57 Å². The van der Waals surface area contributed by atoms with Gasteiger partial charge in [0, 0.05) is 31.5 Å². The maximum Gasteiger partial charge on any atom is 0.272 e. The van der Waals surface area contributed by atoms with Crippen LogP contribution in [0.25, 0.3) is 0 Å². The lowest BCUT2D eigenvalue weighted by Gasteiger charge is -2.09. The molecule has 1 amide bonds. The minimum atomic E-state index is -0.150. The number of benzene rings is 1. The first kappa shape index (κ1) is 13.2. The third-order valence-electron chi connectivity index (χ3n) is 2.65. The Bertz CT molecular complexity index is 563. The third kappa shape index (κ3) is 3.35. The highest BCUT2D eigenvalue weighted by Crippen LogP contribution is 2.18. The van der Waals surface area contributed by atoms with Gasteiger partial charge in [-0.05, 0) is 24.3 Å². The maximum absolute atomic E-state index is 12.0. The van der Waals surface area contributed by atoms with E-state index in [1.807, 2.05) is 37.5 Å². The number of aryl methyl sites for hydroxylation is 1. The highest BCUT2D eigenvalue weighted by atomic mass is 16.5. The van der Waals surface area contributed by atoms with Gasteiger partial charge in [-0.15, -0.1) is 0 Å². The van der Waals surface area contributed by atoms with Crippen LogP contribution in [0.15, 0.2) is 42.6 Å². The fraction of sp³-hybridized carbons (Fsp3) is 0.214. The molecule has 0 aliphatic heterocycles. The molecule has 1 aromatic carbocycles. The van der Waals surface area contributed by atoms with E-state index in [4.69, 9.17) is 10.5 Å². The van der Waals surface area contributed by atoms with Gasteiger partial charge in [-0.2, -0.15) is 0 Å². The fourth-order valence-corrected chi connectivity index (χ4v) is 1.73. The summed E-state index contributed by atoms with van der Waals surface area (Å²) in [5, 5.41) is 2.83. The summed E-state index contributed by atoms with van der Waals surface area (Å²) in [6.07, 6.45) is 1.83. The van der Waals surface area contributed by atoms with E-state index in [9.17, 15) is 4.79 Å². The first-order valence-corrected chi connectivity index (χ1v) is 6.06. The number of carbonyl (C=O) groups is 1. The van der Waals surface area contributed by atoms with Crippen LogP contribution in [0.1, 0.15) is 10.5 Å². The highest BCUT2D eigenvalue weighted by Gasteiger charge is 2.09. The second-order valence-electron chi connectivity index (χ2n) is 4.12. The van der Waals surface area contributed by atoms with Crippen molar-refractivity contribution in [3.8, 4) is 5.75 Å². The number of nitrogens with one attached hydrogen (secondary N) is 1. The summed E-state index contributed by atoms with van der Waals surface area (Å²) in [4.78, 5) is 12.0. The normalized spacial score (nSPS) is 10.2. The second-order valence-corrected chi connectivity index (χ2v) is 4.12. The Kier molecular flexibility index (Phi) is 4.20. The van der Waals surface area contributed by atoms with E-state index in [2.05, 4.69) is 5.32 Å². The first-order chi connectivity index (χ1) is 9.20. The zero-order chi connectivity index (χ0) is 13.7. The van der Waals surface area contributed by atoms with Gasteiger partial charge in [0.15, 0.2) is 0 Å². The summed E-state index contributed by atoms with van der Waals surface area (Å²) in [6.45, 7) is 0.912. The lowest BCUT2D eigenvalue weighted by molar-refractivity contribution is 0.101. The molecule has 0 saturated heterocycles. The Hall–Kier alpha value is -2.27. The lowest BCUT2D eigenvalue weighted by atomic mass is 10.3. The van der Waals surface area contributed by atoms with Gasteiger partial charge in [-0.25, -0.2) is 0 Å². The number of ether oxygens (including phenoxy) is 1. The Labute approximate surface area is 112 Å². The standard InChI is InChI=1S/C14H17N3O2/c1-17-8-3-6-13(17)14(18)16-11-4-2-5-12(10-11)19-9-7-15/h2-6,8,10H,7,9,15H2,1H3,(H,16,18). The van der Waals surface area contributed by atoms with E-state index in [1.165, 1.54) is 0 Å². The average molecular weight is 259 g/mol. The van der Waals surface area contributed by atoms with Crippen LogP contribution >= 0.6 is 0 Å². The van der Waals surface area contributed by atoms with Gasteiger partial charge in [0.05, 0.1) is 0 Å². The molecule has 0 fully saturated rings. The van der Waals surface area contributed by atoms with Crippen LogP contribution in [0.2, 0.25) is 0 Å². The summed E-state index contributed by atoms with van der Waals surface area (Å²) in [7, 11) is 1.83. The molecule has 0 saturated carbocycles. The molecular weight excluding hydrogens is 242 g/mol. The van der Waals surface area contributed by atoms with Crippen LogP contribution in [0.4, 0.5) is 5.69 Å². The largest absolute Gasteiger partial charge is 0.492 e. The Morgan fingerprint density at radius 2 is 2.21 bits per heavy atom. The molecule has 0 spiro atoms. The van der Waals surface area contributed by atoms with E-state index >= 15 is 0 Å². The van der Waals surface area contributed by atoms with Crippen LogP contribution in [0.5, 0.6) is 5.75 Å². The van der Waals surface area contributed by atoms with Gasteiger partial charge < -0.3 is 20.4 Å². The predicted molar refractivity (Wildman–Crippen MR) is 74.4 cm³/mol. The topological polar surface area (TPSA) is 69.3 Å². The van der Waals surface area contributed by atoms with Crippen molar-refractivity contribution in [2.24, 2.45) is 12.8 Å². The summed E-state index contributed by atoms with van der Waals surface area (Å²) in [6, 6.07) is 10.8. The van der Waals surface area contributed by atoms with Gasteiger partial charge in [-0.1, -0.05) is 6.07 Å². The van der Waals surface area contributed by atoms with Crippen LogP contribution < -0.4 is 15.8 Å². The number of rotatable bonds is 5. The molecule has 0 bridgehead atoms. The number of aromatic nitrogens is 1. The van der Waals surface area contributed by atoms with E-state index in [1.54, 1.807) is 16.7 Å². The Morgan fingerprint density at radius 3 is 2.89 bits per heavy atom. The quantitative estimate of drug-likeness (QED) is 0.857. The number of hydrogen-bond acceptors (Lipinski definition) is 3. The molecule has 1 heterocycles. The van der Waals surface area contributed by atoms with Crippen LogP contribution in [0.3, 0.4) is 0 Å². The predicted octanol–water partition coefficient (Wildman–Crippen LogP) is 1.61. The molecule has 3 N–H and O–H groups in total. The van der Waals surface area contributed by atoms with Gasteiger partial charge in [0.1, 0.15) is 18.1 Å². The van der Waals surface area contributed by atoms with Crippen molar-refractivity contribution in [3.63, 3.8) is 0 Å². The molecule has 2 rings (SSSR count). The molecule has 0 radical (unpaired) electrons. The molecular formula is C14H17N3O2. The molecule has 0 aliphatic carbocycles. The molecule has 1 aromatic heterocycles. The summed E-state index contributed by atoms with van der Waals surface area (Å²) in [5.74, 6) is 0.540. The second kappa shape index (κ2) is 6.06. The fourth-order valence-electron chi connectivity index (χ4n) is 1.73. The lowest BCUT2D eigenvalue weighted by Crippen LogP contribution is -2.15. The van der Waals surface area contributed by atoms with Gasteiger partial charge >= 0.3 is 0 Å². The minimum Gasteiger partial charge on any atom is -0.492 e. The van der Waals surface area contributed by atoms with Gasteiger partial charge in [0.2, 0.25) is 0 Å². The number of hydrogen-bond donors (Lipinski definition) is 2. The van der Waals surface area contributed by atoms with Crippen molar-refractivity contribution < 1.29 is 9.53 Å². The highest BCUT2D eigenvalue weighted by molar-refractivity contribution is 6.03.